The minimum absolute atomic E-state index is 0.0882. The van der Waals surface area contributed by atoms with E-state index in [0.29, 0.717) is 0 Å². The minimum Gasteiger partial charge on any atom is -0.355 e. The monoisotopic (exact) mass is 711 g/mol. The van der Waals surface area contributed by atoms with Crippen LogP contribution in [0.3, 0.4) is 0 Å². The molecule has 1 aliphatic rings. The van der Waals surface area contributed by atoms with Crippen molar-refractivity contribution in [2.75, 3.05) is 15.1 Å². The molecule has 7 rings (SSSR count). The van der Waals surface area contributed by atoms with Gasteiger partial charge in [-0.05, 0) is 162 Å². The van der Waals surface area contributed by atoms with Crippen molar-refractivity contribution in [3.8, 4) is 0 Å². The van der Waals surface area contributed by atoms with E-state index < -0.39 is 0 Å². The molecule has 3 nitrogen and oxygen atoms in total. The van der Waals surface area contributed by atoms with Gasteiger partial charge in [-0.25, -0.2) is 0 Å². The fourth-order valence-electron chi connectivity index (χ4n) is 8.32. The Bertz CT molecular complexity index is 2190. The molecule has 1 N–H and O–H groups in total. The summed E-state index contributed by atoms with van der Waals surface area (Å²) >= 11 is 0. The average Bonchev–Trinajstić information content (AvgIpc) is 3.12. The topological polar surface area (TPSA) is 18.5 Å². The zero-order valence-corrected chi connectivity index (χ0v) is 34.0. The second-order valence-electron chi connectivity index (χ2n) is 17.8. The highest BCUT2D eigenvalue weighted by Crippen LogP contribution is 2.50. The fourth-order valence-corrected chi connectivity index (χ4v) is 8.32. The first-order valence-corrected chi connectivity index (χ1v) is 19.6. The summed E-state index contributed by atoms with van der Waals surface area (Å²) in [5, 5.41) is 3.75. The summed E-state index contributed by atoms with van der Waals surface area (Å²) in [4.78, 5) is 4.86. The lowest BCUT2D eigenvalue weighted by atomic mass is 9.63. The molecule has 3 heteroatoms. The average molecular weight is 712 g/mol. The summed E-state index contributed by atoms with van der Waals surface area (Å²) in [5.74, 6) is 0. The van der Waals surface area contributed by atoms with Crippen LogP contribution in [0.4, 0.5) is 45.5 Å². The molecule has 0 atom stereocenters. The molecule has 1 aliphatic carbocycles. The van der Waals surface area contributed by atoms with Crippen LogP contribution in [0.1, 0.15) is 94.7 Å². The van der Waals surface area contributed by atoms with Crippen molar-refractivity contribution in [2.45, 2.75) is 98.3 Å². The summed E-state index contributed by atoms with van der Waals surface area (Å²) in [6.45, 7) is 23.2. The Morgan fingerprint density at radius 1 is 0.481 bits per heavy atom. The third-order valence-electron chi connectivity index (χ3n) is 11.4. The molecule has 0 saturated carbocycles. The highest BCUT2D eigenvalue weighted by molar-refractivity contribution is 5.86. The number of anilines is 8. The molecule has 0 radical (unpaired) electrons. The first-order chi connectivity index (χ1) is 25.6. The Morgan fingerprint density at radius 3 is 1.57 bits per heavy atom. The lowest BCUT2D eigenvalue weighted by Crippen LogP contribution is -2.34. The zero-order chi connectivity index (χ0) is 38.4. The molecule has 0 aromatic heterocycles. The van der Waals surface area contributed by atoms with Crippen LogP contribution in [0.2, 0.25) is 0 Å². The van der Waals surface area contributed by atoms with Gasteiger partial charge in [0.05, 0.1) is 5.69 Å². The number of aryl methyl sites for hydroxylation is 3. The van der Waals surface area contributed by atoms with E-state index in [9.17, 15) is 0 Å². The van der Waals surface area contributed by atoms with Gasteiger partial charge in [-0.2, -0.15) is 0 Å². The Kier molecular flexibility index (Phi) is 9.73. The van der Waals surface area contributed by atoms with Gasteiger partial charge in [-0.1, -0.05) is 103 Å². The van der Waals surface area contributed by atoms with Crippen LogP contribution in [0.15, 0.2) is 133 Å². The van der Waals surface area contributed by atoms with Crippen molar-refractivity contribution in [2.24, 2.45) is 0 Å². The molecule has 0 amide bonds. The van der Waals surface area contributed by atoms with E-state index in [0.717, 1.165) is 34.1 Å². The second kappa shape index (κ2) is 14.2. The molecule has 54 heavy (non-hydrogen) atoms. The molecular formula is C51H57N3. The standard InChI is InChI=1S/C51H57N3/c1-35-29-40(52-39-23-21-38(22-24-39)49(4,5)6)33-44(30-35)54(43-25-26-46-47(34-43)51(9,10)28-27-50(46,7)8)48-36(2)31-45(32-37(48)3)53(41-17-13-11-14-18-41)42-19-15-12-16-20-42/h11-26,29-34,52H,27-28H2,1-10H3. The van der Waals surface area contributed by atoms with E-state index in [2.05, 4.69) is 218 Å². The Hall–Kier alpha value is -5.28. The van der Waals surface area contributed by atoms with Crippen LogP contribution in [-0.4, -0.2) is 0 Å². The number of fused-ring (bicyclic) bond motifs is 1. The largest absolute Gasteiger partial charge is 0.355 e. The van der Waals surface area contributed by atoms with Crippen LogP contribution in [0, 0.1) is 20.8 Å². The number of hydrogen-bond acceptors (Lipinski definition) is 3. The Labute approximate surface area is 324 Å². The third-order valence-corrected chi connectivity index (χ3v) is 11.4. The van der Waals surface area contributed by atoms with Gasteiger partial charge >= 0.3 is 0 Å². The van der Waals surface area contributed by atoms with Crippen molar-refractivity contribution in [3.05, 3.63) is 167 Å². The number of para-hydroxylation sites is 2. The van der Waals surface area contributed by atoms with Gasteiger partial charge in [0.1, 0.15) is 0 Å². The molecule has 0 heterocycles. The third kappa shape index (κ3) is 7.42. The molecule has 0 unspecified atom stereocenters. The molecule has 6 aromatic rings. The smallest absolute Gasteiger partial charge is 0.0521 e. The number of hydrogen-bond donors (Lipinski definition) is 1. The SMILES string of the molecule is Cc1cc(Nc2ccc(C(C)(C)C)cc2)cc(N(c2ccc3c(c2)C(C)(C)CCC3(C)C)c2c(C)cc(N(c3ccccc3)c3ccccc3)cc2C)c1. The molecular weight excluding hydrogens is 655 g/mol. The predicted octanol–water partition coefficient (Wildman–Crippen LogP) is 14.9. The lowest BCUT2D eigenvalue weighted by Gasteiger charge is -2.42. The minimum atomic E-state index is 0.0882. The van der Waals surface area contributed by atoms with Crippen molar-refractivity contribution in [3.63, 3.8) is 0 Å². The van der Waals surface area contributed by atoms with E-state index in [1.807, 2.05) is 0 Å². The van der Waals surface area contributed by atoms with E-state index >= 15 is 0 Å². The normalized spacial score (nSPS) is 14.6. The highest BCUT2D eigenvalue weighted by Gasteiger charge is 2.37. The Morgan fingerprint density at radius 2 is 1.02 bits per heavy atom. The maximum Gasteiger partial charge on any atom is 0.0521 e. The van der Waals surface area contributed by atoms with Crippen LogP contribution in [0.5, 0.6) is 0 Å². The fraction of sp³-hybridized carbons (Fsp3) is 0.294. The Balaban J connectivity index is 1.39. The van der Waals surface area contributed by atoms with Gasteiger partial charge in [0.25, 0.3) is 0 Å². The number of nitrogens with zero attached hydrogens (tertiary/aromatic N) is 2. The van der Waals surface area contributed by atoms with Gasteiger partial charge in [0.15, 0.2) is 0 Å². The number of benzene rings is 6. The van der Waals surface area contributed by atoms with Crippen LogP contribution < -0.4 is 15.1 Å². The van der Waals surface area contributed by atoms with E-state index in [1.54, 1.807) is 0 Å². The van der Waals surface area contributed by atoms with Gasteiger partial charge in [0.2, 0.25) is 0 Å². The van der Waals surface area contributed by atoms with E-state index in [1.165, 1.54) is 57.6 Å². The van der Waals surface area contributed by atoms with Gasteiger partial charge in [0, 0.05) is 39.8 Å². The summed E-state index contributed by atoms with van der Waals surface area (Å²) < 4.78 is 0. The van der Waals surface area contributed by atoms with Crippen molar-refractivity contribution in [1.29, 1.82) is 0 Å². The molecule has 6 aromatic carbocycles. The molecule has 0 fully saturated rings. The zero-order valence-electron chi connectivity index (χ0n) is 34.0. The van der Waals surface area contributed by atoms with Crippen molar-refractivity contribution in [1.82, 2.24) is 0 Å². The lowest BCUT2D eigenvalue weighted by molar-refractivity contribution is 0.332. The molecule has 0 aliphatic heterocycles. The van der Waals surface area contributed by atoms with E-state index in [4.69, 9.17) is 0 Å². The van der Waals surface area contributed by atoms with Crippen molar-refractivity contribution < 1.29 is 0 Å². The second-order valence-corrected chi connectivity index (χ2v) is 17.8. The maximum absolute atomic E-state index is 3.75. The summed E-state index contributed by atoms with van der Waals surface area (Å²) in [6.07, 6.45) is 2.36. The summed E-state index contributed by atoms with van der Waals surface area (Å²) in [7, 11) is 0. The van der Waals surface area contributed by atoms with Gasteiger partial charge in [-0.3, -0.25) is 0 Å². The molecule has 0 bridgehead atoms. The first kappa shape index (κ1) is 37.1. The first-order valence-electron chi connectivity index (χ1n) is 19.6. The summed E-state index contributed by atoms with van der Waals surface area (Å²) in [5.41, 5.74) is 17.3. The van der Waals surface area contributed by atoms with E-state index in [-0.39, 0.29) is 16.2 Å². The van der Waals surface area contributed by atoms with Gasteiger partial charge in [-0.15, -0.1) is 0 Å². The van der Waals surface area contributed by atoms with Crippen LogP contribution in [-0.2, 0) is 16.2 Å². The van der Waals surface area contributed by atoms with Crippen LogP contribution >= 0.6 is 0 Å². The maximum atomic E-state index is 3.75. The number of nitrogens with one attached hydrogen (secondary N) is 1. The molecule has 0 spiro atoms. The summed E-state index contributed by atoms with van der Waals surface area (Å²) in [6, 6.07) is 49.1. The molecule has 276 valence electrons. The quantitative estimate of drug-likeness (QED) is 0.170. The van der Waals surface area contributed by atoms with Crippen molar-refractivity contribution >= 4 is 45.5 Å². The number of rotatable bonds is 8. The highest BCUT2D eigenvalue weighted by atomic mass is 15.2. The van der Waals surface area contributed by atoms with Crippen LogP contribution in [0.25, 0.3) is 0 Å². The molecule has 0 saturated heterocycles. The predicted molar refractivity (Wildman–Crippen MR) is 234 cm³/mol. The van der Waals surface area contributed by atoms with Gasteiger partial charge < -0.3 is 15.1 Å².